The van der Waals surface area contributed by atoms with E-state index in [9.17, 15) is 0 Å². The second-order valence-electron chi connectivity index (χ2n) is 2.62. The Morgan fingerprint density at radius 3 is 2.86 bits per heavy atom. The number of rotatable bonds is 3. The Bertz CT molecular complexity index is 404. The van der Waals surface area contributed by atoms with Crippen LogP contribution in [0.2, 0.25) is 0 Å². The summed E-state index contributed by atoms with van der Waals surface area (Å²) < 4.78 is 1.02. The molecule has 70 valence electrons. The van der Waals surface area contributed by atoms with E-state index in [1.54, 1.807) is 0 Å². The van der Waals surface area contributed by atoms with Gasteiger partial charge in [-0.25, -0.2) is 0 Å². The van der Waals surface area contributed by atoms with E-state index in [-0.39, 0.29) is 12.5 Å². The van der Waals surface area contributed by atoms with Crippen molar-refractivity contribution < 1.29 is 0 Å². The maximum atomic E-state index is 8.89. The largest absolute Gasteiger partial charge is 0.198 e. The van der Waals surface area contributed by atoms with E-state index < -0.39 is 0 Å². The number of nitrogens with zero attached hydrogens (tertiary/aromatic N) is 4. The lowest BCUT2D eigenvalue weighted by Gasteiger charge is -2.07. The average Bonchev–Trinajstić information content (AvgIpc) is 2.21. The van der Waals surface area contributed by atoms with Crippen LogP contribution in [-0.4, -0.2) is 6.54 Å². The zero-order valence-electron chi connectivity index (χ0n) is 7.26. The predicted molar refractivity (Wildman–Crippen MR) is 61.5 cm³/mol. The molecule has 0 unspecified atom stereocenters. The summed E-state index contributed by atoms with van der Waals surface area (Å²) >= 11 is 2.16. The molecular formula is C9H7IN4. The molecule has 1 aromatic carbocycles. The Labute approximate surface area is 95.3 Å². The second-order valence-corrected chi connectivity index (χ2v) is 3.78. The first-order valence-electron chi connectivity index (χ1n) is 3.94. The number of hydrogen-bond acceptors (Lipinski definition) is 2. The van der Waals surface area contributed by atoms with Gasteiger partial charge >= 0.3 is 0 Å². The van der Waals surface area contributed by atoms with Crippen molar-refractivity contribution in [1.82, 2.24) is 0 Å². The first-order chi connectivity index (χ1) is 6.79. The lowest BCUT2D eigenvalue weighted by molar-refractivity contribution is 0.850. The molecule has 0 amide bonds. The van der Waals surface area contributed by atoms with Crippen LogP contribution in [0, 0.1) is 14.9 Å². The van der Waals surface area contributed by atoms with Crippen molar-refractivity contribution in [3.8, 4) is 6.07 Å². The molecule has 0 fully saturated rings. The van der Waals surface area contributed by atoms with Crippen LogP contribution in [-0.2, 0) is 0 Å². The third-order valence-electron chi connectivity index (χ3n) is 1.76. The molecule has 0 radical (unpaired) electrons. The van der Waals surface area contributed by atoms with E-state index >= 15 is 0 Å². The van der Waals surface area contributed by atoms with Gasteiger partial charge < -0.3 is 0 Å². The summed E-state index contributed by atoms with van der Waals surface area (Å²) in [7, 11) is 0. The quantitative estimate of drug-likeness (QED) is 0.365. The van der Waals surface area contributed by atoms with Crippen LogP contribution in [0.25, 0.3) is 10.4 Å². The molecule has 0 spiro atoms. The molecule has 0 saturated carbocycles. The molecule has 0 heterocycles. The topological polar surface area (TPSA) is 72.5 Å². The minimum atomic E-state index is -0.348. The van der Waals surface area contributed by atoms with Crippen molar-refractivity contribution in [2.75, 3.05) is 6.54 Å². The summed E-state index contributed by atoms with van der Waals surface area (Å²) in [5.74, 6) is -0.348. The van der Waals surface area contributed by atoms with E-state index in [1.165, 1.54) is 0 Å². The lowest BCUT2D eigenvalue weighted by Crippen LogP contribution is -2.01. The van der Waals surface area contributed by atoms with Crippen LogP contribution >= 0.6 is 22.6 Å². The van der Waals surface area contributed by atoms with E-state index in [4.69, 9.17) is 10.8 Å². The maximum Gasteiger partial charge on any atom is 0.0779 e. The smallest absolute Gasteiger partial charge is 0.0779 e. The summed E-state index contributed by atoms with van der Waals surface area (Å²) in [6, 6.07) is 9.71. The first-order valence-corrected chi connectivity index (χ1v) is 5.02. The lowest BCUT2D eigenvalue weighted by atomic mass is 10.0. The molecule has 1 atom stereocenters. The number of azide groups is 1. The van der Waals surface area contributed by atoms with Crippen LogP contribution in [0.3, 0.4) is 0 Å². The van der Waals surface area contributed by atoms with Crippen LogP contribution in [0.5, 0.6) is 0 Å². The van der Waals surface area contributed by atoms with Gasteiger partial charge in [-0.15, -0.1) is 0 Å². The summed E-state index contributed by atoms with van der Waals surface area (Å²) in [4.78, 5) is 2.65. The van der Waals surface area contributed by atoms with Gasteiger partial charge in [0.05, 0.1) is 12.0 Å². The van der Waals surface area contributed by atoms with E-state index in [2.05, 4.69) is 38.7 Å². The Balaban J connectivity index is 2.96. The van der Waals surface area contributed by atoms with Crippen molar-refractivity contribution in [2.24, 2.45) is 5.11 Å². The fraction of sp³-hybridized carbons (Fsp3) is 0.222. The molecule has 0 bridgehead atoms. The molecular weight excluding hydrogens is 291 g/mol. The molecule has 5 heteroatoms. The molecule has 14 heavy (non-hydrogen) atoms. The van der Waals surface area contributed by atoms with Gasteiger partial charge in [-0.2, -0.15) is 5.26 Å². The molecule has 0 aliphatic carbocycles. The van der Waals surface area contributed by atoms with Gasteiger partial charge in [-0.05, 0) is 39.8 Å². The number of halogens is 1. The van der Waals surface area contributed by atoms with Crippen molar-refractivity contribution in [2.45, 2.75) is 5.92 Å². The SMILES string of the molecule is N#C[C@H](CN=[N+]=[N-])c1ccccc1I. The maximum absolute atomic E-state index is 8.89. The highest BCUT2D eigenvalue weighted by molar-refractivity contribution is 14.1. The molecule has 0 saturated heterocycles. The first kappa shape index (κ1) is 10.8. The minimum absolute atomic E-state index is 0.188. The highest BCUT2D eigenvalue weighted by Gasteiger charge is 2.11. The third kappa shape index (κ3) is 2.62. The summed E-state index contributed by atoms with van der Waals surface area (Å²) in [5.41, 5.74) is 9.09. The molecule has 0 aliphatic heterocycles. The van der Waals surface area contributed by atoms with Gasteiger partial charge in [0.15, 0.2) is 0 Å². The standard InChI is InChI=1S/C9H7IN4/c10-9-4-2-1-3-8(9)7(5-11)6-13-14-12/h1-4,7H,6H2/t7-/m1/s1. The monoisotopic (exact) mass is 298 g/mol. The average molecular weight is 298 g/mol. The van der Waals surface area contributed by atoms with Crippen LogP contribution in [0.1, 0.15) is 11.5 Å². The van der Waals surface area contributed by atoms with Crippen LogP contribution < -0.4 is 0 Å². The molecule has 1 aromatic rings. The Kier molecular flexibility index (Phi) is 4.23. The van der Waals surface area contributed by atoms with Gasteiger partial charge in [0.2, 0.25) is 0 Å². The van der Waals surface area contributed by atoms with E-state index in [1.807, 2.05) is 24.3 Å². The van der Waals surface area contributed by atoms with E-state index in [0.717, 1.165) is 9.13 Å². The third-order valence-corrected chi connectivity index (χ3v) is 2.75. The fourth-order valence-corrected chi connectivity index (χ4v) is 1.85. The zero-order valence-corrected chi connectivity index (χ0v) is 9.42. The number of benzene rings is 1. The van der Waals surface area contributed by atoms with Crippen LogP contribution in [0.4, 0.5) is 0 Å². The molecule has 1 rings (SSSR count). The van der Waals surface area contributed by atoms with Crippen molar-refractivity contribution in [3.05, 3.63) is 43.8 Å². The molecule has 4 nitrogen and oxygen atoms in total. The number of hydrogen-bond donors (Lipinski definition) is 0. The predicted octanol–water partition coefficient (Wildman–Crippen LogP) is 3.21. The highest BCUT2D eigenvalue weighted by atomic mass is 127. The van der Waals surface area contributed by atoms with Gasteiger partial charge in [0.1, 0.15) is 0 Å². The Hall–Kier alpha value is -1.25. The van der Waals surface area contributed by atoms with Gasteiger partial charge in [-0.3, -0.25) is 0 Å². The highest BCUT2D eigenvalue weighted by Crippen LogP contribution is 2.21. The molecule has 0 aliphatic rings. The fourth-order valence-electron chi connectivity index (χ4n) is 1.08. The Morgan fingerprint density at radius 1 is 1.57 bits per heavy atom. The zero-order chi connectivity index (χ0) is 10.4. The van der Waals surface area contributed by atoms with Crippen LogP contribution in [0.15, 0.2) is 29.4 Å². The summed E-state index contributed by atoms with van der Waals surface area (Å²) in [6.07, 6.45) is 0. The normalized spacial score (nSPS) is 11.1. The van der Waals surface area contributed by atoms with Crippen molar-refractivity contribution in [1.29, 1.82) is 5.26 Å². The van der Waals surface area contributed by atoms with Crippen molar-refractivity contribution >= 4 is 22.6 Å². The number of nitriles is 1. The summed E-state index contributed by atoms with van der Waals surface area (Å²) in [5, 5.41) is 12.3. The molecule has 0 aromatic heterocycles. The summed E-state index contributed by atoms with van der Waals surface area (Å²) in [6.45, 7) is 0.188. The second kappa shape index (κ2) is 5.47. The minimum Gasteiger partial charge on any atom is -0.198 e. The van der Waals surface area contributed by atoms with E-state index in [0.29, 0.717) is 0 Å². The Morgan fingerprint density at radius 2 is 2.29 bits per heavy atom. The van der Waals surface area contributed by atoms with Crippen molar-refractivity contribution in [3.63, 3.8) is 0 Å². The molecule has 0 N–H and O–H groups in total. The van der Waals surface area contributed by atoms with Gasteiger partial charge in [0, 0.05) is 15.0 Å². The van der Waals surface area contributed by atoms with Gasteiger partial charge in [0.25, 0.3) is 0 Å². The van der Waals surface area contributed by atoms with Gasteiger partial charge in [-0.1, -0.05) is 23.3 Å².